The minimum absolute atomic E-state index is 0.0303. The van der Waals surface area contributed by atoms with Crippen LogP contribution in [0, 0.1) is 0 Å². The second-order valence-electron chi connectivity index (χ2n) is 4.85. The Hall–Kier alpha value is -1.11. The molecule has 0 radical (unpaired) electrons. The molecule has 0 aromatic heterocycles. The van der Waals surface area contributed by atoms with Crippen LogP contribution in [0.15, 0.2) is 24.3 Å². The van der Waals surface area contributed by atoms with Crippen LogP contribution in [0.2, 0.25) is 0 Å². The number of hydrogen-bond acceptors (Lipinski definition) is 4. The van der Waals surface area contributed by atoms with E-state index in [2.05, 4.69) is 23.9 Å². The second kappa shape index (κ2) is 8.24. The summed E-state index contributed by atoms with van der Waals surface area (Å²) >= 11 is 0. The number of anilines is 1. The zero-order chi connectivity index (χ0) is 15.0. The van der Waals surface area contributed by atoms with Gasteiger partial charge in [-0.25, -0.2) is 8.42 Å². The molecule has 0 bridgehead atoms. The lowest BCUT2D eigenvalue weighted by atomic mass is 10.2. The highest BCUT2D eigenvalue weighted by atomic mass is 32.2. The second-order valence-corrected chi connectivity index (χ2v) is 6.69. The van der Waals surface area contributed by atoms with Gasteiger partial charge in [0, 0.05) is 24.9 Å². The maximum absolute atomic E-state index is 11.8. The number of rotatable bonds is 9. The molecule has 1 aromatic carbocycles. The molecule has 0 atom stereocenters. The third-order valence-corrected chi connectivity index (χ3v) is 3.89. The van der Waals surface area contributed by atoms with Crippen molar-refractivity contribution in [2.45, 2.75) is 33.4 Å². The third kappa shape index (κ3) is 6.88. The van der Waals surface area contributed by atoms with Crippen LogP contribution in [-0.4, -0.2) is 33.4 Å². The molecule has 0 aliphatic heterocycles. The van der Waals surface area contributed by atoms with E-state index in [4.69, 9.17) is 4.74 Å². The van der Waals surface area contributed by atoms with Crippen molar-refractivity contribution in [1.29, 1.82) is 0 Å². The van der Waals surface area contributed by atoms with Crippen molar-refractivity contribution < 1.29 is 13.2 Å². The Morgan fingerprint density at radius 3 is 2.40 bits per heavy atom. The van der Waals surface area contributed by atoms with E-state index in [0.29, 0.717) is 18.3 Å². The number of hydrogen-bond donors (Lipinski definition) is 2. The normalized spacial score (nSPS) is 11.8. The SMILES string of the molecule is CCOCCS(=O)(=O)Nc1ccc(CNC(C)C)cc1. The molecule has 0 aliphatic rings. The van der Waals surface area contributed by atoms with E-state index in [-0.39, 0.29) is 12.4 Å². The van der Waals surface area contributed by atoms with E-state index in [1.54, 1.807) is 12.1 Å². The van der Waals surface area contributed by atoms with Gasteiger partial charge in [-0.05, 0) is 24.6 Å². The summed E-state index contributed by atoms with van der Waals surface area (Å²) in [5, 5.41) is 3.31. The Bertz CT molecular complexity index is 484. The molecule has 0 heterocycles. The highest BCUT2D eigenvalue weighted by Gasteiger charge is 2.10. The topological polar surface area (TPSA) is 67.4 Å². The summed E-state index contributed by atoms with van der Waals surface area (Å²) in [5.41, 5.74) is 1.70. The molecule has 0 saturated carbocycles. The number of benzene rings is 1. The molecule has 5 nitrogen and oxygen atoms in total. The Morgan fingerprint density at radius 2 is 1.85 bits per heavy atom. The van der Waals surface area contributed by atoms with E-state index >= 15 is 0 Å². The fourth-order valence-corrected chi connectivity index (χ4v) is 2.49. The molecule has 0 amide bonds. The lowest BCUT2D eigenvalue weighted by Crippen LogP contribution is -2.22. The smallest absolute Gasteiger partial charge is 0.234 e. The van der Waals surface area contributed by atoms with Gasteiger partial charge in [0.1, 0.15) is 0 Å². The fraction of sp³-hybridized carbons (Fsp3) is 0.571. The fourth-order valence-electron chi connectivity index (χ4n) is 1.56. The van der Waals surface area contributed by atoms with Crippen molar-refractivity contribution in [2.75, 3.05) is 23.7 Å². The van der Waals surface area contributed by atoms with Gasteiger partial charge in [-0.1, -0.05) is 26.0 Å². The van der Waals surface area contributed by atoms with E-state index in [9.17, 15) is 8.42 Å². The standard InChI is InChI=1S/C14H24N2O3S/c1-4-19-9-10-20(17,18)16-14-7-5-13(6-8-14)11-15-12(2)3/h5-8,12,15-16H,4,9-11H2,1-3H3. The van der Waals surface area contributed by atoms with Crippen molar-refractivity contribution in [3.63, 3.8) is 0 Å². The molecule has 20 heavy (non-hydrogen) atoms. The van der Waals surface area contributed by atoms with Crippen LogP contribution >= 0.6 is 0 Å². The van der Waals surface area contributed by atoms with Gasteiger partial charge in [-0.2, -0.15) is 0 Å². The van der Waals surface area contributed by atoms with Crippen LogP contribution in [-0.2, 0) is 21.3 Å². The first-order chi connectivity index (χ1) is 9.43. The van der Waals surface area contributed by atoms with E-state index < -0.39 is 10.0 Å². The largest absolute Gasteiger partial charge is 0.381 e. The Kier molecular flexibility index (Phi) is 6.98. The number of nitrogens with one attached hydrogen (secondary N) is 2. The van der Waals surface area contributed by atoms with E-state index in [0.717, 1.165) is 12.1 Å². The summed E-state index contributed by atoms with van der Waals surface area (Å²) in [7, 11) is -3.34. The van der Waals surface area contributed by atoms with Crippen molar-refractivity contribution in [2.24, 2.45) is 0 Å². The van der Waals surface area contributed by atoms with Crippen molar-refractivity contribution in [3.8, 4) is 0 Å². The first kappa shape index (κ1) is 16.9. The number of sulfonamides is 1. The predicted molar refractivity (Wildman–Crippen MR) is 82.3 cm³/mol. The molecular formula is C14H24N2O3S. The van der Waals surface area contributed by atoms with Gasteiger partial charge in [0.15, 0.2) is 0 Å². The minimum atomic E-state index is -3.34. The zero-order valence-corrected chi connectivity index (χ0v) is 13.2. The third-order valence-electron chi connectivity index (χ3n) is 2.64. The predicted octanol–water partition coefficient (Wildman–Crippen LogP) is 1.96. The molecule has 114 valence electrons. The summed E-state index contributed by atoms with van der Waals surface area (Å²) < 4.78 is 31.1. The molecule has 0 unspecified atom stereocenters. The first-order valence-corrected chi connectivity index (χ1v) is 8.48. The Balaban J connectivity index is 2.52. The minimum Gasteiger partial charge on any atom is -0.381 e. The average molecular weight is 300 g/mol. The molecule has 6 heteroatoms. The van der Waals surface area contributed by atoms with Gasteiger partial charge in [0.25, 0.3) is 0 Å². The molecule has 1 aromatic rings. The monoisotopic (exact) mass is 300 g/mol. The summed E-state index contributed by atoms with van der Waals surface area (Å²) in [6, 6.07) is 7.79. The molecule has 0 fully saturated rings. The Labute approximate surface area is 121 Å². The summed E-state index contributed by atoms with van der Waals surface area (Å²) in [4.78, 5) is 0. The van der Waals surface area contributed by atoms with Gasteiger partial charge in [-0.15, -0.1) is 0 Å². The highest BCUT2D eigenvalue weighted by molar-refractivity contribution is 7.92. The van der Waals surface area contributed by atoms with Crippen LogP contribution in [0.4, 0.5) is 5.69 Å². The molecule has 0 spiro atoms. The van der Waals surface area contributed by atoms with Gasteiger partial charge in [0.05, 0.1) is 12.4 Å². The van der Waals surface area contributed by atoms with Crippen molar-refractivity contribution >= 4 is 15.7 Å². The van der Waals surface area contributed by atoms with Crippen LogP contribution < -0.4 is 10.0 Å². The van der Waals surface area contributed by atoms with Crippen molar-refractivity contribution in [3.05, 3.63) is 29.8 Å². The quantitative estimate of drug-likeness (QED) is 0.684. The van der Waals surface area contributed by atoms with Crippen LogP contribution in [0.25, 0.3) is 0 Å². The van der Waals surface area contributed by atoms with Gasteiger partial charge in [-0.3, -0.25) is 4.72 Å². The molecular weight excluding hydrogens is 276 g/mol. The average Bonchev–Trinajstić information content (AvgIpc) is 2.37. The molecule has 0 saturated heterocycles. The summed E-state index contributed by atoms with van der Waals surface area (Å²) in [6.07, 6.45) is 0. The molecule has 1 rings (SSSR count). The van der Waals surface area contributed by atoms with Crippen LogP contribution in [0.1, 0.15) is 26.3 Å². The summed E-state index contributed by atoms with van der Waals surface area (Å²) in [6.45, 7) is 7.51. The lowest BCUT2D eigenvalue weighted by molar-refractivity contribution is 0.163. The maximum Gasteiger partial charge on any atom is 0.234 e. The van der Waals surface area contributed by atoms with Gasteiger partial charge < -0.3 is 10.1 Å². The zero-order valence-electron chi connectivity index (χ0n) is 12.3. The van der Waals surface area contributed by atoms with Crippen LogP contribution in [0.3, 0.4) is 0 Å². The Morgan fingerprint density at radius 1 is 1.20 bits per heavy atom. The number of ether oxygens (including phenoxy) is 1. The van der Waals surface area contributed by atoms with Gasteiger partial charge >= 0.3 is 0 Å². The lowest BCUT2D eigenvalue weighted by Gasteiger charge is -2.10. The van der Waals surface area contributed by atoms with Gasteiger partial charge in [0.2, 0.25) is 10.0 Å². The molecule has 2 N–H and O–H groups in total. The van der Waals surface area contributed by atoms with E-state index in [1.807, 2.05) is 19.1 Å². The van der Waals surface area contributed by atoms with E-state index in [1.165, 1.54) is 0 Å². The summed E-state index contributed by atoms with van der Waals surface area (Å²) in [5.74, 6) is -0.0303. The van der Waals surface area contributed by atoms with Crippen molar-refractivity contribution in [1.82, 2.24) is 5.32 Å². The molecule has 0 aliphatic carbocycles. The van der Waals surface area contributed by atoms with Crippen LogP contribution in [0.5, 0.6) is 0 Å². The first-order valence-electron chi connectivity index (χ1n) is 6.83. The maximum atomic E-state index is 11.8. The highest BCUT2D eigenvalue weighted by Crippen LogP contribution is 2.11.